The number of aliphatic carboxylic acids is 1. The summed E-state index contributed by atoms with van der Waals surface area (Å²) in [4.78, 5) is 20.4. The second-order valence-electron chi connectivity index (χ2n) is 3.54. The summed E-state index contributed by atoms with van der Waals surface area (Å²) < 4.78 is 28.4. The zero-order valence-corrected chi connectivity index (χ0v) is 9.54. The fourth-order valence-electron chi connectivity index (χ4n) is 1.40. The molecule has 0 radical (unpaired) electrons. The van der Waals surface area contributed by atoms with Crippen molar-refractivity contribution in [1.29, 1.82) is 0 Å². The lowest BCUT2D eigenvalue weighted by Crippen LogP contribution is -2.12. The number of hydrogen-bond donors (Lipinski definition) is 2. The van der Waals surface area contributed by atoms with Gasteiger partial charge in [-0.1, -0.05) is 0 Å². The van der Waals surface area contributed by atoms with E-state index in [1.54, 1.807) is 0 Å². The fourth-order valence-corrected chi connectivity index (χ4v) is 1.40. The summed E-state index contributed by atoms with van der Waals surface area (Å²) in [6.45, 7) is -2.05. The first-order valence-electron chi connectivity index (χ1n) is 4.88. The van der Waals surface area contributed by atoms with Crippen LogP contribution in [0.2, 0.25) is 0 Å². The van der Waals surface area contributed by atoms with Crippen molar-refractivity contribution in [1.82, 2.24) is 0 Å². The summed E-state index contributed by atoms with van der Waals surface area (Å²) in [6, 6.07) is 1.62. The summed E-state index contributed by atoms with van der Waals surface area (Å²) >= 11 is 0. The quantitative estimate of drug-likeness (QED) is 0.625. The third kappa shape index (κ3) is 3.35. The first-order valence-corrected chi connectivity index (χ1v) is 4.88. The molecule has 0 heterocycles. The molecule has 1 aromatic rings. The van der Waals surface area contributed by atoms with Gasteiger partial charge in [-0.05, 0) is 13.0 Å². The second-order valence-corrected chi connectivity index (χ2v) is 3.54. The molecule has 0 amide bonds. The average Bonchev–Trinajstić information content (AvgIpc) is 2.29. The van der Waals surface area contributed by atoms with E-state index >= 15 is 0 Å². The van der Waals surface area contributed by atoms with Crippen molar-refractivity contribution < 1.29 is 33.4 Å². The lowest BCUT2D eigenvalue weighted by molar-refractivity contribution is -0.385. The number of ether oxygens (including phenoxy) is 1. The highest BCUT2D eigenvalue weighted by atomic mass is 19.3. The van der Waals surface area contributed by atoms with E-state index in [1.165, 1.54) is 6.92 Å². The molecule has 104 valence electrons. The van der Waals surface area contributed by atoms with E-state index in [2.05, 4.69) is 4.74 Å². The Morgan fingerprint density at radius 1 is 1.47 bits per heavy atom. The van der Waals surface area contributed by atoms with Crippen molar-refractivity contribution in [2.75, 3.05) is 0 Å². The van der Waals surface area contributed by atoms with Gasteiger partial charge < -0.3 is 14.9 Å². The van der Waals surface area contributed by atoms with Gasteiger partial charge in [-0.3, -0.25) is 10.1 Å². The molecule has 1 atom stereocenters. The summed E-state index contributed by atoms with van der Waals surface area (Å²) in [5, 5.41) is 28.6. The minimum atomic E-state index is -3.23. The standard InChI is InChI=1S/C10H9F2NO6/c1-4-6(13(17)18)2-5(8(14)9(15)16)3-7(4)19-10(11)12/h2-3,8,10,14H,1H3,(H,15,16). The zero-order valence-electron chi connectivity index (χ0n) is 9.54. The number of carboxylic acid groups (broad SMARTS) is 1. The van der Waals surface area contributed by atoms with E-state index in [0.717, 1.165) is 12.1 Å². The molecule has 0 aliphatic rings. The van der Waals surface area contributed by atoms with Gasteiger partial charge in [0.05, 0.1) is 10.5 Å². The highest BCUT2D eigenvalue weighted by molar-refractivity contribution is 5.75. The Hall–Kier alpha value is -2.29. The fraction of sp³-hybridized carbons (Fsp3) is 0.300. The van der Waals surface area contributed by atoms with Crippen molar-refractivity contribution in [3.05, 3.63) is 33.4 Å². The van der Waals surface area contributed by atoms with Crippen LogP contribution in [0.4, 0.5) is 14.5 Å². The number of nitro benzene ring substituents is 1. The Bertz CT molecular complexity index is 519. The number of nitro groups is 1. The molecular weight excluding hydrogens is 268 g/mol. The molecule has 2 N–H and O–H groups in total. The molecule has 0 saturated carbocycles. The summed E-state index contributed by atoms with van der Waals surface area (Å²) in [5.41, 5.74) is -1.22. The number of rotatable bonds is 5. The molecule has 0 aromatic heterocycles. The summed E-state index contributed by atoms with van der Waals surface area (Å²) in [5.74, 6) is -2.22. The third-order valence-electron chi connectivity index (χ3n) is 2.32. The van der Waals surface area contributed by atoms with Gasteiger partial charge in [0.2, 0.25) is 0 Å². The van der Waals surface area contributed by atoms with Gasteiger partial charge in [-0.2, -0.15) is 8.78 Å². The number of hydrogen-bond acceptors (Lipinski definition) is 5. The molecule has 1 aromatic carbocycles. The van der Waals surface area contributed by atoms with Crippen LogP contribution >= 0.6 is 0 Å². The average molecular weight is 277 g/mol. The first-order chi connectivity index (χ1) is 8.73. The van der Waals surface area contributed by atoms with Crippen LogP contribution in [-0.4, -0.2) is 27.7 Å². The number of aliphatic hydroxyl groups is 1. The lowest BCUT2D eigenvalue weighted by Gasteiger charge is -2.12. The van der Waals surface area contributed by atoms with E-state index in [4.69, 9.17) is 5.11 Å². The lowest BCUT2D eigenvalue weighted by atomic mass is 10.0. The molecule has 0 fully saturated rings. The number of carbonyl (C=O) groups is 1. The van der Waals surface area contributed by atoms with Crippen molar-refractivity contribution >= 4 is 11.7 Å². The minimum absolute atomic E-state index is 0.188. The smallest absolute Gasteiger partial charge is 0.387 e. The van der Waals surface area contributed by atoms with Crippen LogP contribution in [0.15, 0.2) is 12.1 Å². The van der Waals surface area contributed by atoms with Crippen LogP contribution in [0.25, 0.3) is 0 Å². The maximum Gasteiger partial charge on any atom is 0.387 e. The van der Waals surface area contributed by atoms with E-state index in [0.29, 0.717) is 0 Å². The van der Waals surface area contributed by atoms with Crippen LogP contribution in [0.3, 0.4) is 0 Å². The molecule has 1 rings (SSSR count). The minimum Gasteiger partial charge on any atom is -0.479 e. The van der Waals surface area contributed by atoms with E-state index in [9.17, 15) is 28.8 Å². The van der Waals surface area contributed by atoms with E-state index < -0.39 is 40.6 Å². The molecule has 0 saturated heterocycles. The number of benzene rings is 1. The van der Waals surface area contributed by atoms with Gasteiger partial charge in [0, 0.05) is 11.6 Å². The second kappa shape index (κ2) is 5.57. The van der Waals surface area contributed by atoms with Crippen LogP contribution in [0, 0.1) is 17.0 Å². The van der Waals surface area contributed by atoms with Gasteiger partial charge in [0.15, 0.2) is 6.10 Å². The molecule has 0 aliphatic heterocycles. The number of halogens is 2. The monoisotopic (exact) mass is 277 g/mol. The molecule has 0 spiro atoms. The van der Waals surface area contributed by atoms with Gasteiger partial charge in [-0.15, -0.1) is 0 Å². The van der Waals surface area contributed by atoms with Crippen LogP contribution in [-0.2, 0) is 4.79 Å². The van der Waals surface area contributed by atoms with Gasteiger partial charge in [-0.25, -0.2) is 4.79 Å². The molecule has 0 aliphatic carbocycles. The SMILES string of the molecule is Cc1c(OC(F)F)cc(C(O)C(=O)O)cc1[N+](=O)[O-]. The molecule has 1 unspecified atom stereocenters. The molecule has 19 heavy (non-hydrogen) atoms. The Labute approximate surface area is 105 Å². The zero-order chi connectivity index (χ0) is 14.7. The predicted molar refractivity (Wildman–Crippen MR) is 57.1 cm³/mol. The summed E-state index contributed by atoms with van der Waals surface area (Å²) in [7, 11) is 0. The number of alkyl halides is 2. The highest BCUT2D eigenvalue weighted by Gasteiger charge is 2.24. The van der Waals surface area contributed by atoms with Gasteiger partial charge in [0.25, 0.3) is 5.69 Å². The number of aliphatic hydroxyl groups excluding tert-OH is 1. The Kier molecular flexibility index (Phi) is 4.33. The first kappa shape index (κ1) is 14.8. The number of nitrogens with zero attached hydrogens (tertiary/aromatic N) is 1. The maximum absolute atomic E-state index is 12.2. The van der Waals surface area contributed by atoms with Crippen LogP contribution in [0.5, 0.6) is 5.75 Å². The topological polar surface area (TPSA) is 110 Å². The van der Waals surface area contributed by atoms with Gasteiger partial charge >= 0.3 is 12.6 Å². The summed E-state index contributed by atoms with van der Waals surface area (Å²) in [6.07, 6.45) is -2.07. The largest absolute Gasteiger partial charge is 0.479 e. The van der Waals surface area contributed by atoms with E-state index in [-0.39, 0.29) is 5.56 Å². The normalized spacial score (nSPS) is 12.3. The molecule has 9 heteroatoms. The molecular formula is C10H9F2NO6. The van der Waals surface area contributed by atoms with Crippen molar-refractivity contribution in [2.24, 2.45) is 0 Å². The third-order valence-corrected chi connectivity index (χ3v) is 2.32. The van der Waals surface area contributed by atoms with Gasteiger partial charge in [0.1, 0.15) is 5.75 Å². The Morgan fingerprint density at radius 3 is 2.47 bits per heavy atom. The Balaban J connectivity index is 3.38. The van der Waals surface area contributed by atoms with Crippen molar-refractivity contribution in [3.63, 3.8) is 0 Å². The van der Waals surface area contributed by atoms with Crippen molar-refractivity contribution in [2.45, 2.75) is 19.6 Å². The maximum atomic E-state index is 12.2. The van der Waals surface area contributed by atoms with E-state index in [1.807, 2.05) is 0 Å². The van der Waals surface area contributed by atoms with Crippen LogP contribution < -0.4 is 4.74 Å². The predicted octanol–water partition coefficient (Wildman–Crippen LogP) is 1.62. The Morgan fingerprint density at radius 2 is 2.05 bits per heavy atom. The molecule has 0 bridgehead atoms. The number of carboxylic acids is 1. The highest BCUT2D eigenvalue weighted by Crippen LogP contribution is 2.33. The molecule has 7 nitrogen and oxygen atoms in total. The van der Waals surface area contributed by atoms with Crippen LogP contribution in [0.1, 0.15) is 17.2 Å². The van der Waals surface area contributed by atoms with Crippen molar-refractivity contribution in [3.8, 4) is 5.75 Å².